The zero-order valence-electron chi connectivity index (χ0n) is 13.8. The van der Waals surface area contributed by atoms with Crippen LogP contribution in [0.3, 0.4) is 0 Å². The van der Waals surface area contributed by atoms with Crippen molar-refractivity contribution in [2.75, 3.05) is 19.6 Å². The molecule has 3 nitrogen and oxygen atoms in total. The molecule has 0 saturated carbocycles. The number of hydrogen-bond acceptors (Lipinski definition) is 2. The molecule has 0 unspecified atom stereocenters. The minimum atomic E-state index is -0.244. The fraction of sp³-hybridized carbons (Fsp3) is 0.350. The minimum absolute atomic E-state index is 0.0525. The molecular weight excluding hydrogens is 303 g/mol. The predicted molar refractivity (Wildman–Crippen MR) is 93.2 cm³/mol. The fourth-order valence-electron chi connectivity index (χ4n) is 3.10. The Kier molecular flexibility index (Phi) is 5.59. The van der Waals surface area contributed by atoms with Crippen LogP contribution in [0.5, 0.6) is 0 Å². The number of carbonyl (C=O) groups excluding carboxylic acids is 1. The molecule has 0 aromatic heterocycles. The summed E-state index contributed by atoms with van der Waals surface area (Å²) in [5.74, 6) is -0.192. The number of benzene rings is 2. The zero-order chi connectivity index (χ0) is 16.8. The molecule has 0 atom stereocenters. The molecule has 0 fully saturated rings. The van der Waals surface area contributed by atoms with Crippen molar-refractivity contribution in [1.29, 1.82) is 0 Å². The predicted octanol–water partition coefficient (Wildman–Crippen LogP) is 2.93. The summed E-state index contributed by atoms with van der Waals surface area (Å²) in [6.07, 6.45) is 2.16. The summed E-state index contributed by atoms with van der Waals surface area (Å²) in [6, 6.07) is 14.9. The molecule has 0 radical (unpaired) electrons. The first-order chi connectivity index (χ1) is 11.7. The molecule has 4 heteroatoms. The van der Waals surface area contributed by atoms with Crippen LogP contribution in [0.4, 0.5) is 4.39 Å². The van der Waals surface area contributed by atoms with Gasteiger partial charge in [0.25, 0.3) is 0 Å². The maximum absolute atomic E-state index is 12.8. The Hall–Kier alpha value is -2.20. The van der Waals surface area contributed by atoms with E-state index < -0.39 is 0 Å². The van der Waals surface area contributed by atoms with E-state index in [1.165, 1.54) is 23.3 Å². The van der Waals surface area contributed by atoms with Gasteiger partial charge in [-0.05, 0) is 41.7 Å². The Bertz CT molecular complexity index is 684. The SMILES string of the molecule is O=C(CCc1ccc(F)cc1)NCCN1CCc2ccccc2C1. The van der Waals surface area contributed by atoms with Gasteiger partial charge in [-0.3, -0.25) is 9.69 Å². The quantitative estimate of drug-likeness (QED) is 0.885. The van der Waals surface area contributed by atoms with Gasteiger partial charge in [0.15, 0.2) is 0 Å². The monoisotopic (exact) mass is 326 g/mol. The Labute approximate surface area is 142 Å². The molecule has 0 bridgehead atoms. The van der Waals surface area contributed by atoms with Gasteiger partial charge < -0.3 is 5.32 Å². The van der Waals surface area contributed by atoms with E-state index in [0.717, 1.165) is 31.6 Å². The zero-order valence-corrected chi connectivity index (χ0v) is 13.8. The highest BCUT2D eigenvalue weighted by Crippen LogP contribution is 2.17. The van der Waals surface area contributed by atoms with Crippen molar-refractivity contribution in [2.24, 2.45) is 0 Å². The number of fused-ring (bicyclic) bond motifs is 1. The molecule has 2 aromatic rings. The van der Waals surface area contributed by atoms with E-state index >= 15 is 0 Å². The Morgan fingerprint density at radius 1 is 1.08 bits per heavy atom. The van der Waals surface area contributed by atoms with Gasteiger partial charge in [-0.1, -0.05) is 36.4 Å². The van der Waals surface area contributed by atoms with Crippen LogP contribution in [-0.4, -0.2) is 30.4 Å². The van der Waals surface area contributed by atoms with Gasteiger partial charge in [-0.25, -0.2) is 4.39 Å². The number of halogens is 1. The molecule has 0 spiro atoms. The fourth-order valence-corrected chi connectivity index (χ4v) is 3.10. The standard InChI is InChI=1S/C20H23FN2O/c21-19-8-5-16(6-9-19)7-10-20(24)22-12-14-23-13-11-17-3-1-2-4-18(17)15-23/h1-6,8-9H,7,10-15H2,(H,22,24). The van der Waals surface area contributed by atoms with Gasteiger partial charge in [0, 0.05) is 32.6 Å². The lowest BCUT2D eigenvalue weighted by atomic mass is 10.00. The molecule has 0 saturated heterocycles. The van der Waals surface area contributed by atoms with Crippen molar-refractivity contribution in [3.05, 3.63) is 71.0 Å². The summed E-state index contributed by atoms with van der Waals surface area (Å²) in [5.41, 5.74) is 3.82. The van der Waals surface area contributed by atoms with E-state index in [2.05, 4.69) is 34.5 Å². The molecule has 1 amide bonds. The van der Waals surface area contributed by atoms with Crippen LogP contribution >= 0.6 is 0 Å². The van der Waals surface area contributed by atoms with E-state index in [0.29, 0.717) is 19.4 Å². The Morgan fingerprint density at radius 2 is 1.83 bits per heavy atom. The summed E-state index contributed by atoms with van der Waals surface area (Å²) < 4.78 is 12.8. The van der Waals surface area contributed by atoms with E-state index in [-0.39, 0.29) is 11.7 Å². The molecular formula is C20H23FN2O. The third-order valence-corrected chi connectivity index (χ3v) is 4.51. The number of nitrogens with one attached hydrogen (secondary N) is 1. The summed E-state index contributed by atoms with van der Waals surface area (Å²) in [4.78, 5) is 14.3. The van der Waals surface area contributed by atoms with Crippen LogP contribution in [0.2, 0.25) is 0 Å². The summed E-state index contributed by atoms with van der Waals surface area (Å²) >= 11 is 0. The van der Waals surface area contributed by atoms with Crippen LogP contribution in [0, 0.1) is 5.82 Å². The van der Waals surface area contributed by atoms with Crippen molar-refractivity contribution >= 4 is 5.91 Å². The molecule has 2 aromatic carbocycles. The van der Waals surface area contributed by atoms with Gasteiger partial charge in [0.05, 0.1) is 0 Å². The first kappa shape index (κ1) is 16.7. The van der Waals surface area contributed by atoms with Crippen molar-refractivity contribution in [3.63, 3.8) is 0 Å². The number of nitrogens with zero attached hydrogens (tertiary/aromatic N) is 1. The maximum atomic E-state index is 12.8. The molecule has 1 N–H and O–H groups in total. The first-order valence-electron chi connectivity index (χ1n) is 8.51. The number of rotatable bonds is 6. The molecule has 1 heterocycles. The van der Waals surface area contributed by atoms with E-state index in [1.807, 2.05) is 0 Å². The van der Waals surface area contributed by atoms with Crippen molar-refractivity contribution < 1.29 is 9.18 Å². The second-order valence-electron chi connectivity index (χ2n) is 6.27. The molecule has 3 rings (SSSR count). The van der Waals surface area contributed by atoms with Crippen LogP contribution < -0.4 is 5.32 Å². The second kappa shape index (κ2) is 8.06. The molecule has 1 aliphatic heterocycles. The van der Waals surface area contributed by atoms with Crippen LogP contribution in [0.1, 0.15) is 23.1 Å². The largest absolute Gasteiger partial charge is 0.355 e. The second-order valence-corrected chi connectivity index (χ2v) is 6.27. The highest BCUT2D eigenvalue weighted by Gasteiger charge is 2.15. The van der Waals surface area contributed by atoms with Gasteiger partial charge in [0.2, 0.25) is 5.91 Å². The number of carbonyl (C=O) groups is 1. The Morgan fingerprint density at radius 3 is 2.62 bits per heavy atom. The topological polar surface area (TPSA) is 32.3 Å². The highest BCUT2D eigenvalue weighted by molar-refractivity contribution is 5.76. The third-order valence-electron chi connectivity index (χ3n) is 4.51. The van der Waals surface area contributed by atoms with Gasteiger partial charge in [-0.15, -0.1) is 0 Å². The van der Waals surface area contributed by atoms with E-state index in [4.69, 9.17) is 0 Å². The van der Waals surface area contributed by atoms with Crippen molar-refractivity contribution in [2.45, 2.75) is 25.8 Å². The molecule has 24 heavy (non-hydrogen) atoms. The van der Waals surface area contributed by atoms with Crippen LogP contribution in [0.15, 0.2) is 48.5 Å². The minimum Gasteiger partial charge on any atom is -0.355 e. The van der Waals surface area contributed by atoms with Crippen molar-refractivity contribution in [3.8, 4) is 0 Å². The Balaban J connectivity index is 1.36. The number of hydrogen-bond donors (Lipinski definition) is 1. The number of amides is 1. The summed E-state index contributed by atoms with van der Waals surface area (Å²) in [5, 5.41) is 2.98. The lowest BCUT2D eigenvalue weighted by Crippen LogP contribution is -2.37. The summed E-state index contributed by atoms with van der Waals surface area (Å²) in [6.45, 7) is 3.55. The van der Waals surface area contributed by atoms with Crippen molar-refractivity contribution in [1.82, 2.24) is 10.2 Å². The molecule has 0 aliphatic carbocycles. The van der Waals surface area contributed by atoms with E-state index in [1.54, 1.807) is 12.1 Å². The lowest BCUT2D eigenvalue weighted by molar-refractivity contribution is -0.121. The normalized spacial score (nSPS) is 14.2. The third kappa shape index (κ3) is 4.65. The number of aryl methyl sites for hydroxylation is 1. The van der Waals surface area contributed by atoms with Crippen LogP contribution in [-0.2, 0) is 24.2 Å². The average Bonchev–Trinajstić information content (AvgIpc) is 2.61. The highest BCUT2D eigenvalue weighted by atomic mass is 19.1. The van der Waals surface area contributed by atoms with Gasteiger partial charge in [0.1, 0.15) is 5.82 Å². The summed E-state index contributed by atoms with van der Waals surface area (Å²) in [7, 11) is 0. The van der Waals surface area contributed by atoms with Gasteiger partial charge in [-0.2, -0.15) is 0 Å². The lowest BCUT2D eigenvalue weighted by Gasteiger charge is -2.28. The average molecular weight is 326 g/mol. The first-order valence-corrected chi connectivity index (χ1v) is 8.51. The smallest absolute Gasteiger partial charge is 0.220 e. The molecule has 1 aliphatic rings. The molecule has 126 valence electrons. The maximum Gasteiger partial charge on any atom is 0.220 e. The van der Waals surface area contributed by atoms with Crippen LogP contribution in [0.25, 0.3) is 0 Å². The van der Waals surface area contributed by atoms with E-state index in [9.17, 15) is 9.18 Å². The van der Waals surface area contributed by atoms with Gasteiger partial charge >= 0.3 is 0 Å².